The first-order valence-electron chi connectivity index (χ1n) is 3.38. The van der Waals surface area contributed by atoms with Gasteiger partial charge in [0.15, 0.2) is 5.13 Å². The van der Waals surface area contributed by atoms with E-state index in [0.29, 0.717) is 5.13 Å². The molecule has 0 saturated heterocycles. The van der Waals surface area contributed by atoms with Crippen LogP contribution < -0.4 is 5.73 Å². The van der Waals surface area contributed by atoms with Gasteiger partial charge in [-0.3, -0.25) is 0 Å². The zero-order valence-corrected chi connectivity index (χ0v) is 9.10. The molecule has 12 heavy (non-hydrogen) atoms. The number of rotatable bonds is 0. The fourth-order valence-corrected chi connectivity index (χ4v) is 1.88. The largest absolute Gasteiger partial charge is 0.375 e. The molecule has 1 heterocycles. The molecular weight excluding hydrogens is 236 g/mol. The highest BCUT2D eigenvalue weighted by atomic mass is 79.9. The molecular formula is C8H9BrN2S. The van der Waals surface area contributed by atoms with Crippen molar-refractivity contribution in [2.75, 3.05) is 5.73 Å². The van der Waals surface area contributed by atoms with Crippen molar-refractivity contribution in [2.24, 2.45) is 0 Å². The van der Waals surface area contributed by atoms with Crippen LogP contribution in [0.15, 0.2) is 18.2 Å². The summed E-state index contributed by atoms with van der Waals surface area (Å²) in [5.41, 5.74) is 7.80. The Morgan fingerprint density at radius 1 is 1.42 bits per heavy atom. The maximum absolute atomic E-state index is 5.55. The Morgan fingerprint density at radius 2 is 2.17 bits per heavy atom. The Morgan fingerprint density at radius 3 is 2.92 bits per heavy atom. The van der Waals surface area contributed by atoms with Gasteiger partial charge in [0.1, 0.15) is 0 Å². The third kappa shape index (κ3) is 1.59. The van der Waals surface area contributed by atoms with E-state index >= 15 is 0 Å². The first-order chi connectivity index (χ1) is 5.25. The number of nitrogens with zero attached hydrogens (tertiary/aromatic N) is 1. The van der Waals surface area contributed by atoms with Gasteiger partial charge >= 0.3 is 0 Å². The molecule has 0 bridgehead atoms. The molecule has 0 atom stereocenters. The molecule has 0 aliphatic heterocycles. The molecule has 2 rings (SSSR count). The quantitative estimate of drug-likeness (QED) is 0.775. The van der Waals surface area contributed by atoms with E-state index in [1.807, 2.05) is 12.1 Å². The van der Waals surface area contributed by atoms with Crippen molar-refractivity contribution in [3.8, 4) is 0 Å². The molecule has 2 nitrogen and oxygen atoms in total. The van der Waals surface area contributed by atoms with Crippen molar-refractivity contribution in [1.82, 2.24) is 4.98 Å². The number of hydrogen-bond donors (Lipinski definition) is 1. The molecule has 2 aromatic rings. The number of benzene rings is 1. The van der Waals surface area contributed by atoms with Gasteiger partial charge in [0.05, 0.1) is 10.2 Å². The molecule has 0 amide bonds. The number of aromatic nitrogens is 1. The van der Waals surface area contributed by atoms with Gasteiger partial charge in [-0.25, -0.2) is 4.98 Å². The van der Waals surface area contributed by atoms with Crippen molar-refractivity contribution < 1.29 is 0 Å². The highest BCUT2D eigenvalue weighted by Gasteiger charge is 1.98. The lowest BCUT2D eigenvalue weighted by atomic mass is 10.2. The van der Waals surface area contributed by atoms with Crippen LogP contribution in [0.3, 0.4) is 0 Å². The van der Waals surface area contributed by atoms with Crippen LogP contribution in [0.25, 0.3) is 10.2 Å². The summed E-state index contributed by atoms with van der Waals surface area (Å²) in [6.07, 6.45) is 0. The van der Waals surface area contributed by atoms with Gasteiger partial charge < -0.3 is 5.73 Å². The highest BCUT2D eigenvalue weighted by Crippen LogP contribution is 2.23. The minimum absolute atomic E-state index is 0. The smallest absolute Gasteiger partial charge is 0.181 e. The predicted octanol–water partition coefficient (Wildman–Crippen LogP) is 2.76. The van der Waals surface area contributed by atoms with Crippen LogP contribution in [0.4, 0.5) is 5.13 Å². The van der Waals surface area contributed by atoms with Crippen LogP contribution in [-0.2, 0) is 0 Å². The molecule has 4 heteroatoms. The van der Waals surface area contributed by atoms with Crippen molar-refractivity contribution in [2.45, 2.75) is 6.92 Å². The number of nitrogens with two attached hydrogens (primary N) is 1. The fourth-order valence-electron chi connectivity index (χ4n) is 1.05. The summed E-state index contributed by atoms with van der Waals surface area (Å²) < 4.78 is 1.17. The lowest BCUT2D eigenvalue weighted by Gasteiger charge is -1.88. The fraction of sp³-hybridized carbons (Fsp3) is 0.125. The first kappa shape index (κ1) is 9.48. The van der Waals surface area contributed by atoms with Crippen LogP contribution in [0.5, 0.6) is 0 Å². The van der Waals surface area contributed by atoms with Crippen LogP contribution in [0.1, 0.15) is 5.56 Å². The molecule has 2 N–H and O–H groups in total. The SMILES string of the molecule is Br.Cc1ccc2nc(N)sc2c1. The number of aryl methyl sites for hydroxylation is 1. The average molecular weight is 245 g/mol. The van der Waals surface area contributed by atoms with Gasteiger partial charge in [0.2, 0.25) is 0 Å². The summed E-state index contributed by atoms with van der Waals surface area (Å²) in [4.78, 5) is 4.15. The van der Waals surface area contributed by atoms with Crippen molar-refractivity contribution >= 4 is 43.7 Å². The Hall–Kier alpha value is -0.610. The minimum Gasteiger partial charge on any atom is -0.375 e. The molecule has 0 unspecified atom stereocenters. The molecule has 0 aliphatic rings. The van der Waals surface area contributed by atoms with Crippen LogP contribution in [-0.4, -0.2) is 4.98 Å². The Kier molecular flexibility index (Phi) is 2.69. The topological polar surface area (TPSA) is 38.9 Å². The second-order valence-corrected chi connectivity index (χ2v) is 3.59. The second-order valence-electron chi connectivity index (χ2n) is 2.52. The van der Waals surface area contributed by atoms with Crippen molar-refractivity contribution in [3.63, 3.8) is 0 Å². The van der Waals surface area contributed by atoms with Crippen LogP contribution in [0, 0.1) is 6.92 Å². The third-order valence-corrected chi connectivity index (χ3v) is 2.41. The Bertz CT molecular complexity index is 397. The summed E-state index contributed by atoms with van der Waals surface area (Å²) in [5, 5.41) is 0.644. The number of fused-ring (bicyclic) bond motifs is 1. The van der Waals surface area contributed by atoms with Gasteiger partial charge in [-0.1, -0.05) is 17.4 Å². The first-order valence-corrected chi connectivity index (χ1v) is 4.20. The van der Waals surface area contributed by atoms with Crippen molar-refractivity contribution in [3.05, 3.63) is 23.8 Å². The molecule has 0 spiro atoms. The molecule has 0 aliphatic carbocycles. The zero-order chi connectivity index (χ0) is 7.84. The lowest BCUT2D eigenvalue weighted by molar-refractivity contribution is 1.46. The van der Waals surface area contributed by atoms with E-state index in [2.05, 4.69) is 18.0 Å². The summed E-state index contributed by atoms with van der Waals surface area (Å²) in [6, 6.07) is 6.14. The lowest BCUT2D eigenvalue weighted by Crippen LogP contribution is -1.78. The molecule has 1 aromatic carbocycles. The van der Waals surface area contributed by atoms with Crippen molar-refractivity contribution in [1.29, 1.82) is 0 Å². The zero-order valence-electron chi connectivity index (χ0n) is 6.57. The summed E-state index contributed by atoms with van der Waals surface area (Å²) in [5.74, 6) is 0. The molecule has 64 valence electrons. The molecule has 0 fully saturated rings. The number of nitrogen functional groups attached to an aromatic ring is 1. The van der Waals surface area contributed by atoms with E-state index < -0.39 is 0 Å². The van der Waals surface area contributed by atoms with Crippen LogP contribution >= 0.6 is 28.3 Å². The molecule has 1 aromatic heterocycles. The average Bonchev–Trinajstić information content (AvgIpc) is 2.27. The van der Waals surface area contributed by atoms with Crippen LogP contribution in [0.2, 0.25) is 0 Å². The summed E-state index contributed by atoms with van der Waals surface area (Å²) in [7, 11) is 0. The van der Waals surface area contributed by atoms with Gasteiger partial charge in [-0.05, 0) is 24.6 Å². The Balaban J connectivity index is 0.000000720. The standard InChI is InChI=1S/C8H8N2S.BrH/c1-5-2-3-6-7(4-5)11-8(9)10-6;/h2-4H,1H3,(H2,9,10);1H. The van der Waals surface area contributed by atoms with E-state index in [0.717, 1.165) is 5.52 Å². The van der Waals surface area contributed by atoms with Gasteiger partial charge in [0.25, 0.3) is 0 Å². The molecule has 0 radical (unpaired) electrons. The summed E-state index contributed by atoms with van der Waals surface area (Å²) >= 11 is 1.53. The normalized spacial score (nSPS) is 9.75. The molecule has 0 saturated carbocycles. The number of thiazole rings is 1. The van der Waals surface area contributed by atoms with E-state index in [1.54, 1.807) is 0 Å². The van der Waals surface area contributed by atoms with Gasteiger partial charge in [0, 0.05) is 0 Å². The monoisotopic (exact) mass is 244 g/mol. The van der Waals surface area contributed by atoms with E-state index in [-0.39, 0.29) is 17.0 Å². The maximum atomic E-state index is 5.55. The number of anilines is 1. The minimum atomic E-state index is 0. The highest BCUT2D eigenvalue weighted by molar-refractivity contribution is 8.93. The van der Waals surface area contributed by atoms with E-state index in [4.69, 9.17) is 5.73 Å². The predicted molar refractivity (Wildman–Crippen MR) is 59.1 cm³/mol. The van der Waals surface area contributed by atoms with E-state index in [1.165, 1.54) is 21.6 Å². The van der Waals surface area contributed by atoms with Gasteiger partial charge in [-0.2, -0.15) is 0 Å². The number of halogens is 1. The number of hydrogen-bond acceptors (Lipinski definition) is 3. The third-order valence-electron chi connectivity index (χ3n) is 1.56. The summed E-state index contributed by atoms with van der Waals surface area (Å²) in [6.45, 7) is 2.06. The second kappa shape index (κ2) is 3.41. The van der Waals surface area contributed by atoms with E-state index in [9.17, 15) is 0 Å². The maximum Gasteiger partial charge on any atom is 0.181 e. The van der Waals surface area contributed by atoms with Gasteiger partial charge in [-0.15, -0.1) is 17.0 Å². The Labute approximate surface area is 85.2 Å².